The molecule has 0 unspecified atom stereocenters. The first-order valence-electron chi connectivity index (χ1n) is 13.9. The average molecular weight is 475 g/mol. The molecule has 0 fully saturated rings. The van der Waals surface area contributed by atoms with Crippen molar-refractivity contribution in [3.63, 3.8) is 0 Å². The lowest BCUT2D eigenvalue weighted by molar-refractivity contribution is -0.125. The normalized spacial score (nSPS) is 12.8. The molecule has 0 heterocycles. The Bertz CT molecular complexity index is 634. The number of unbranched alkanes of at least 4 members (excludes halogenated alkanes) is 15. The molecule has 1 aromatic rings. The van der Waals surface area contributed by atoms with Crippen molar-refractivity contribution in [3.05, 3.63) is 35.9 Å². The fourth-order valence-corrected chi connectivity index (χ4v) is 4.21. The summed E-state index contributed by atoms with van der Waals surface area (Å²) in [5, 5.41) is 15.4. The van der Waals surface area contributed by atoms with Crippen LogP contribution in [0.2, 0.25) is 0 Å². The van der Waals surface area contributed by atoms with Gasteiger partial charge in [-0.2, -0.15) is 0 Å². The summed E-state index contributed by atoms with van der Waals surface area (Å²) in [6.07, 6.45) is 20.1. The van der Waals surface area contributed by atoms with E-state index in [0.717, 1.165) is 12.8 Å². The van der Waals surface area contributed by atoms with Crippen molar-refractivity contribution >= 4 is 11.8 Å². The molecule has 0 aliphatic heterocycles. The topological polar surface area (TPSA) is 78.4 Å². The van der Waals surface area contributed by atoms with Crippen LogP contribution in [0.25, 0.3) is 0 Å². The van der Waals surface area contributed by atoms with Gasteiger partial charge in [-0.3, -0.25) is 9.59 Å². The zero-order valence-electron chi connectivity index (χ0n) is 21.8. The van der Waals surface area contributed by atoms with Gasteiger partial charge in [-0.25, -0.2) is 0 Å². The van der Waals surface area contributed by atoms with Gasteiger partial charge in [0.15, 0.2) is 0 Å². The van der Waals surface area contributed by atoms with Crippen LogP contribution in [0.15, 0.2) is 30.3 Å². The molecule has 0 radical (unpaired) electrons. The standard InChI is InChI=1S/C29H50N2O3/c1-3-4-5-6-7-8-9-10-11-12-13-14-15-16-17-21-24-30-29(34)27(25(2)32)31-28(33)26-22-19-18-20-23-26/h18-20,22-23,25,27,32H,3-17,21,24H2,1-2H3,(H,30,34)(H,31,33)/t25-,27+/m1/s1. The van der Waals surface area contributed by atoms with Crippen molar-refractivity contribution in [2.24, 2.45) is 0 Å². The number of nitrogens with one attached hydrogen (secondary N) is 2. The predicted octanol–water partition coefficient (Wildman–Crippen LogP) is 6.54. The summed E-state index contributed by atoms with van der Waals surface area (Å²) in [6, 6.07) is 7.78. The Labute approximate surface area is 208 Å². The minimum absolute atomic E-state index is 0.333. The van der Waals surface area contributed by atoms with Crippen LogP contribution in [0, 0.1) is 0 Å². The number of amides is 2. The molecule has 0 bridgehead atoms. The molecule has 2 amide bonds. The highest BCUT2D eigenvalue weighted by atomic mass is 16.3. The molecule has 0 saturated carbocycles. The van der Waals surface area contributed by atoms with Gasteiger partial charge in [-0.05, 0) is 25.5 Å². The van der Waals surface area contributed by atoms with Crippen molar-refractivity contribution < 1.29 is 14.7 Å². The lowest BCUT2D eigenvalue weighted by atomic mass is 10.0. The first-order valence-corrected chi connectivity index (χ1v) is 13.9. The fourth-order valence-electron chi connectivity index (χ4n) is 4.21. The van der Waals surface area contributed by atoms with Gasteiger partial charge in [-0.15, -0.1) is 0 Å². The number of carbonyl (C=O) groups excluding carboxylic acids is 2. The number of aliphatic hydroxyl groups is 1. The van der Waals surface area contributed by atoms with Crippen LogP contribution >= 0.6 is 0 Å². The SMILES string of the molecule is CCCCCCCCCCCCCCCCCCNC(=O)[C@@H](NC(=O)c1ccccc1)[C@@H](C)O. The van der Waals surface area contributed by atoms with Crippen LogP contribution in [0.5, 0.6) is 0 Å². The fraction of sp³-hybridized carbons (Fsp3) is 0.724. The van der Waals surface area contributed by atoms with Crippen molar-refractivity contribution in [2.75, 3.05) is 6.54 Å². The van der Waals surface area contributed by atoms with E-state index in [1.165, 1.54) is 96.8 Å². The molecule has 1 aromatic carbocycles. The second-order valence-corrected chi connectivity index (χ2v) is 9.65. The number of hydrogen-bond acceptors (Lipinski definition) is 3. The third kappa shape index (κ3) is 15.1. The molecule has 34 heavy (non-hydrogen) atoms. The number of hydrogen-bond donors (Lipinski definition) is 3. The van der Waals surface area contributed by atoms with Gasteiger partial charge < -0.3 is 15.7 Å². The molecular formula is C29H50N2O3. The summed E-state index contributed by atoms with van der Waals surface area (Å²) >= 11 is 0. The highest BCUT2D eigenvalue weighted by molar-refractivity contribution is 5.97. The highest BCUT2D eigenvalue weighted by Crippen LogP contribution is 2.13. The van der Waals surface area contributed by atoms with Crippen molar-refractivity contribution in [3.8, 4) is 0 Å². The lowest BCUT2D eigenvalue weighted by Gasteiger charge is -2.21. The number of aliphatic hydroxyl groups excluding tert-OH is 1. The molecule has 2 atom stereocenters. The molecule has 3 N–H and O–H groups in total. The van der Waals surface area contributed by atoms with Gasteiger partial charge in [0.2, 0.25) is 5.91 Å². The Morgan fingerprint density at radius 1 is 0.735 bits per heavy atom. The number of rotatable bonds is 21. The molecule has 0 spiro atoms. The van der Waals surface area contributed by atoms with E-state index in [-0.39, 0.29) is 11.8 Å². The summed E-state index contributed by atoms with van der Waals surface area (Å²) in [4.78, 5) is 24.7. The second-order valence-electron chi connectivity index (χ2n) is 9.65. The van der Waals surface area contributed by atoms with Gasteiger partial charge in [0.25, 0.3) is 5.91 Å². The number of benzene rings is 1. The van der Waals surface area contributed by atoms with E-state index < -0.39 is 12.1 Å². The van der Waals surface area contributed by atoms with Crippen LogP contribution in [0.3, 0.4) is 0 Å². The van der Waals surface area contributed by atoms with E-state index in [2.05, 4.69) is 17.6 Å². The first kappa shape index (κ1) is 30.2. The van der Waals surface area contributed by atoms with Gasteiger partial charge in [0.1, 0.15) is 6.04 Å². The van der Waals surface area contributed by atoms with Gasteiger partial charge in [0.05, 0.1) is 6.10 Å². The Kier molecular flexibility index (Phi) is 18.2. The molecule has 0 aliphatic rings. The summed E-state index contributed by atoms with van der Waals surface area (Å²) in [7, 11) is 0. The zero-order chi connectivity index (χ0) is 24.9. The maximum atomic E-state index is 12.4. The summed E-state index contributed by atoms with van der Waals surface area (Å²) in [5.41, 5.74) is 0.471. The van der Waals surface area contributed by atoms with Crippen LogP contribution < -0.4 is 10.6 Å². The van der Waals surface area contributed by atoms with Crippen LogP contribution in [-0.2, 0) is 4.79 Å². The van der Waals surface area contributed by atoms with Crippen LogP contribution in [0.4, 0.5) is 0 Å². The van der Waals surface area contributed by atoms with E-state index in [4.69, 9.17) is 0 Å². The Hall–Kier alpha value is -1.88. The van der Waals surface area contributed by atoms with E-state index in [1.54, 1.807) is 24.3 Å². The number of carbonyl (C=O) groups is 2. The van der Waals surface area contributed by atoms with Crippen molar-refractivity contribution in [1.82, 2.24) is 10.6 Å². The maximum Gasteiger partial charge on any atom is 0.252 e. The summed E-state index contributed by atoms with van der Waals surface area (Å²) in [5.74, 6) is -0.690. The van der Waals surface area contributed by atoms with Gasteiger partial charge in [-0.1, -0.05) is 121 Å². The molecular weight excluding hydrogens is 424 g/mol. The maximum absolute atomic E-state index is 12.4. The van der Waals surface area contributed by atoms with Crippen molar-refractivity contribution in [1.29, 1.82) is 0 Å². The van der Waals surface area contributed by atoms with E-state index in [9.17, 15) is 14.7 Å². The summed E-state index contributed by atoms with van der Waals surface area (Å²) < 4.78 is 0. The largest absolute Gasteiger partial charge is 0.391 e. The molecule has 5 heteroatoms. The monoisotopic (exact) mass is 474 g/mol. The molecule has 0 aliphatic carbocycles. The van der Waals surface area contributed by atoms with Crippen LogP contribution in [-0.4, -0.2) is 35.6 Å². The van der Waals surface area contributed by atoms with E-state index >= 15 is 0 Å². The molecule has 0 saturated heterocycles. The van der Waals surface area contributed by atoms with Crippen LogP contribution in [0.1, 0.15) is 127 Å². The smallest absolute Gasteiger partial charge is 0.252 e. The molecule has 0 aromatic heterocycles. The quantitative estimate of drug-likeness (QED) is 0.177. The first-order chi connectivity index (χ1) is 16.6. The molecule has 1 rings (SSSR count). The highest BCUT2D eigenvalue weighted by Gasteiger charge is 2.25. The third-order valence-electron chi connectivity index (χ3n) is 6.42. The third-order valence-corrected chi connectivity index (χ3v) is 6.42. The van der Waals surface area contributed by atoms with Gasteiger partial charge >= 0.3 is 0 Å². The minimum Gasteiger partial charge on any atom is -0.391 e. The van der Waals surface area contributed by atoms with E-state index in [0.29, 0.717) is 12.1 Å². The predicted molar refractivity (Wildman–Crippen MR) is 142 cm³/mol. The average Bonchev–Trinajstić information content (AvgIpc) is 2.84. The Morgan fingerprint density at radius 2 is 1.18 bits per heavy atom. The lowest BCUT2D eigenvalue weighted by Crippen LogP contribution is -2.52. The Balaban J connectivity index is 1.98. The minimum atomic E-state index is -0.960. The zero-order valence-corrected chi connectivity index (χ0v) is 21.8. The Morgan fingerprint density at radius 3 is 1.62 bits per heavy atom. The molecule has 194 valence electrons. The van der Waals surface area contributed by atoms with Gasteiger partial charge in [0, 0.05) is 12.1 Å². The molecule has 5 nitrogen and oxygen atoms in total. The van der Waals surface area contributed by atoms with E-state index in [1.807, 2.05) is 6.07 Å². The summed E-state index contributed by atoms with van der Waals surface area (Å²) in [6.45, 7) is 4.36. The second kappa shape index (κ2) is 20.5. The van der Waals surface area contributed by atoms with Crippen molar-refractivity contribution in [2.45, 2.75) is 129 Å².